The Hall–Kier alpha value is -2.21. The van der Waals surface area contributed by atoms with Crippen molar-refractivity contribution < 1.29 is 14.4 Å². The van der Waals surface area contributed by atoms with Crippen LogP contribution >= 0.6 is 0 Å². The lowest BCUT2D eigenvalue weighted by Gasteiger charge is -2.22. The molecule has 2 rings (SSSR count). The largest absolute Gasteiger partial charge is 0.368 e. The summed E-state index contributed by atoms with van der Waals surface area (Å²) < 4.78 is 0. The molecule has 0 fully saturated rings. The van der Waals surface area contributed by atoms with Gasteiger partial charge in [-0.2, -0.15) is 0 Å². The summed E-state index contributed by atoms with van der Waals surface area (Å²) in [5.41, 5.74) is 6.32. The van der Waals surface area contributed by atoms with Gasteiger partial charge < -0.3 is 5.73 Å². The topological polar surface area (TPSA) is 92.5 Å². The second-order valence-electron chi connectivity index (χ2n) is 4.32. The molecule has 1 heterocycles. The molecule has 0 bridgehead atoms. The van der Waals surface area contributed by atoms with Crippen molar-refractivity contribution in [3.63, 3.8) is 0 Å². The normalized spacial score (nSPS) is 15.5. The molecular formula is C12H13N3O3. The van der Waals surface area contributed by atoms with Gasteiger partial charge in [0, 0.05) is 0 Å². The van der Waals surface area contributed by atoms with Crippen molar-refractivity contribution in [3.05, 3.63) is 34.9 Å². The Balaban J connectivity index is 2.63. The van der Waals surface area contributed by atoms with Crippen LogP contribution in [0, 0.1) is 0 Å². The van der Waals surface area contributed by atoms with E-state index in [4.69, 9.17) is 5.73 Å². The summed E-state index contributed by atoms with van der Waals surface area (Å²) in [6.07, 6.45) is 0. The molecule has 0 spiro atoms. The van der Waals surface area contributed by atoms with Crippen molar-refractivity contribution in [3.8, 4) is 0 Å². The second kappa shape index (κ2) is 4.23. The fraction of sp³-hybridized carbons (Fsp3) is 0.250. The predicted molar refractivity (Wildman–Crippen MR) is 63.9 cm³/mol. The van der Waals surface area contributed by atoms with Gasteiger partial charge in [-0.05, 0) is 25.7 Å². The van der Waals surface area contributed by atoms with Gasteiger partial charge in [-0.15, -0.1) is 0 Å². The van der Waals surface area contributed by atoms with Gasteiger partial charge in [0.2, 0.25) is 5.91 Å². The van der Waals surface area contributed by atoms with Crippen LogP contribution in [0.1, 0.15) is 32.3 Å². The zero-order chi connectivity index (χ0) is 13.4. The van der Waals surface area contributed by atoms with E-state index in [0.717, 1.165) is 0 Å². The molecule has 1 aliphatic rings. The van der Waals surface area contributed by atoms with Crippen LogP contribution in [-0.4, -0.2) is 36.7 Å². The van der Waals surface area contributed by atoms with Crippen molar-refractivity contribution in [2.75, 3.05) is 14.1 Å². The van der Waals surface area contributed by atoms with E-state index in [-0.39, 0.29) is 11.1 Å². The lowest BCUT2D eigenvalue weighted by atomic mass is 9.96. The van der Waals surface area contributed by atoms with Crippen LogP contribution < -0.4 is 11.1 Å². The molecule has 6 nitrogen and oxygen atoms in total. The third kappa shape index (κ3) is 1.76. The number of carbonyl (C=O) groups excluding carboxylic acids is 3. The van der Waals surface area contributed by atoms with Crippen LogP contribution in [-0.2, 0) is 4.79 Å². The van der Waals surface area contributed by atoms with Gasteiger partial charge in [0.05, 0.1) is 11.1 Å². The van der Waals surface area contributed by atoms with E-state index < -0.39 is 23.8 Å². The highest BCUT2D eigenvalue weighted by atomic mass is 16.2. The summed E-state index contributed by atoms with van der Waals surface area (Å²) in [5, 5.41) is 2.21. The maximum absolute atomic E-state index is 11.7. The number of nitrogens with zero attached hydrogens (tertiary/aromatic N) is 1. The van der Waals surface area contributed by atoms with Crippen molar-refractivity contribution in [2.24, 2.45) is 5.73 Å². The third-order valence-corrected chi connectivity index (χ3v) is 2.88. The zero-order valence-electron chi connectivity index (χ0n) is 10.1. The third-order valence-electron chi connectivity index (χ3n) is 2.88. The zero-order valence-corrected chi connectivity index (χ0v) is 10.1. The molecule has 3 amide bonds. The molecular weight excluding hydrogens is 234 g/mol. The van der Waals surface area contributed by atoms with Gasteiger partial charge in [0.25, 0.3) is 11.8 Å². The maximum Gasteiger partial charge on any atom is 0.259 e. The molecule has 18 heavy (non-hydrogen) atoms. The Morgan fingerprint density at radius 1 is 1.28 bits per heavy atom. The highest BCUT2D eigenvalue weighted by Crippen LogP contribution is 2.27. The van der Waals surface area contributed by atoms with Gasteiger partial charge in [0.15, 0.2) is 0 Å². The first-order valence-corrected chi connectivity index (χ1v) is 5.38. The Kier molecular flexibility index (Phi) is 2.88. The Labute approximate surface area is 104 Å². The summed E-state index contributed by atoms with van der Waals surface area (Å²) in [4.78, 5) is 36.4. The van der Waals surface area contributed by atoms with Crippen LogP contribution in [0.25, 0.3) is 0 Å². The number of nitrogens with two attached hydrogens (primary N) is 1. The summed E-state index contributed by atoms with van der Waals surface area (Å²) in [6, 6.07) is 4.07. The van der Waals surface area contributed by atoms with Crippen LogP contribution in [0.3, 0.4) is 0 Å². The first-order valence-electron chi connectivity index (χ1n) is 5.38. The number of hydrogen-bond donors (Lipinski definition) is 2. The summed E-state index contributed by atoms with van der Waals surface area (Å²) in [7, 11) is 3.37. The van der Waals surface area contributed by atoms with Crippen LogP contribution in [0.15, 0.2) is 18.2 Å². The molecule has 0 saturated heterocycles. The number of amides is 3. The molecule has 3 N–H and O–H groups in total. The molecule has 0 aromatic heterocycles. The van der Waals surface area contributed by atoms with Crippen LogP contribution in [0.2, 0.25) is 0 Å². The fourth-order valence-corrected chi connectivity index (χ4v) is 2.16. The smallest absolute Gasteiger partial charge is 0.259 e. The number of fused-ring (bicyclic) bond motifs is 1. The Bertz CT molecular complexity index is 551. The number of nitrogens with one attached hydrogen (secondary N) is 1. The van der Waals surface area contributed by atoms with E-state index in [1.807, 2.05) is 0 Å². The molecule has 1 atom stereocenters. The molecule has 6 heteroatoms. The number of likely N-dealkylation sites (N-methyl/N-ethyl adjacent to an activating group) is 1. The maximum atomic E-state index is 11.7. The van der Waals surface area contributed by atoms with E-state index in [1.54, 1.807) is 37.2 Å². The van der Waals surface area contributed by atoms with E-state index in [1.165, 1.54) is 0 Å². The molecule has 1 aliphatic heterocycles. The number of benzene rings is 1. The van der Waals surface area contributed by atoms with Gasteiger partial charge in [-0.1, -0.05) is 12.1 Å². The van der Waals surface area contributed by atoms with Crippen molar-refractivity contribution in [1.82, 2.24) is 10.2 Å². The average molecular weight is 247 g/mol. The van der Waals surface area contributed by atoms with Gasteiger partial charge in [-0.25, -0.2) is 0 Å². The lowest BCUT2D eigenvalue weighted by molar-refractivity contribution is -0.122. The number of carbonyl (C=O) groups is 3. The molecule has 1 unspecified atom stereocenters. The molecule has 1 aromatic carbocycles. The second-order valence-corrected chi connectivity index (χ2v) is 4.32. The van der Waals surface area contributed by atoms with E-state index in [0.29, 0.717) is 5.56 Å². The van der Waals surface area contributed by atoms with Crippen molar-refractivity contribution in [1.29, 1.82) is 0 Å². The number of imide groups is 1. The molecule has 0 saturated carbocycles. The predicted octanol–water partition coefficient (Wildman–Crippen LogP) is -0.342. The average Bonchev–Trinajstić information content (AvgIpc) is 2.54. The highest BCUT2D eigenvalue weighted by Gasteiger charge is 2.33. The van der Waals surface area contributed by atoms with Crippen LogP contribution in [0.5, 0.6) is 0 Å². The fourth-order valence-electron chi connectivity index (χ4n) is 2.16. The summed E-state index contributed by atoms with van der Waals surface area (Å²) in [6.45, 7) is 0. The summed E-state index contributed by atoms with van der Waals surface area (Å²) >= 11 is 0. The van der Waals surface area contributed by atoms with E-state index in [9.17, 15) is 14.4 Å². The SMILES string of the molecule is CN(C)C(C(N)=O)c1cccc2c1C(=O)NC2=O. The monoisotopic (exact) mass is 247 g/mol. The van der Waals surface area contributed by atoms with E-state index >= 15 is 0 Å². The Morgan fingerprint density at radius 2 is 1.94 bits per heavy atom. The van der Waals surface area contributed by atoms with E-state index in [2.05, 4.69) is 5.32 Å². The minimum absolute atomic E-state index is 0.236. The lowest BCUT2D eigenvalue weighted by Crippen LogP contribution is -2.34. The first kappa shape index (κ1) is 12.3. The van der Waals surface area contributed by atoms with Crippen molar-refractivity contribution in [2.45, 2.75) is 6.04 Å². The van der Waals surface area contributed by atoms with Gasteiger partial charge in [-0.3, -0.25) is 24.6 Å². The Morgan fingerprint density at radius 3 is 2.50 bits per heavy atom. The molecule has 0 radical (unpaired) electrons. The van der Waals surface area contributed by atoms with Gasteiger partial charge >= 0.3 is 0 Å². The quantitative estimate of drug-likeness (QED) is 0.714. The minimum atomic E-state index is -0.739. The molecule has 1 aromatic rings. The highest BCUT2D eigenvalue weighted by molar-refractivity contribution is 6.22. The number of primary amides is 1. The first-order chi connectivity index (χ1) is 8.43. The standard InChI is InChI=1S/C12H13N3O3/c1-15(2)9(10(13)16)6-4-3-5-7-8(6)12(18)14-11(7)17/h3-5,9H,1-2H3,(H2,13,16)(H,14,17,18). The molecule has 0 aliphatic carbocycles. The summed E-state index contributed by atoms with van der Waals surface area (Å²) in [5.74, 6) is -1.50. The number of hydrogen-bond acceptors (Lipinski definition) is 4. The molecule has 94 valence electrons. The minimum Gasteiger partial charge on any atom is -0.368 e. The number of rotatable bonds is 3. The van der Waals surface area contributed by atoms with Crippen LogP contribution in [0.4, 0.5) is 0 Å². The van der Waals surface area contributed by atoms with Crippen molar-refractivity contribution >= 4 is 17.7 Å². The van der Waals surface area contributed by atoms with Gasteiger partial charge in [0.1, 0.15) is 6.04 Å².